The van der Waals surface area contributed by atoms with Crippen LogP contribution in [0.5, 0.6) is 0 Å². The van der Waals surface area contributed by atoms with Crippen LogP contribution in [0, 0.1) is 0 Å². The average molecular weight is 215 g/mol. The second-order valence-corrected chi connectivity index (χ2v) is 3.46. The van der Waals surface area contributed by atoms with E-state index in [1.54, 1.807) is 7.05 Å². The number of aliphatic hydroxyl groups excluding tert-OH is 1. The Morgan fingerprint density at radius 1 is 1.54 bits per heavy atom. The number of rotatable bonds is 7. The van der Waals surface area contributed by atoms with Crippen LogP contribution in [-0.2, 0) is 13.8 Å². The maximum atomic E-state index is 10.3. The van der Waals surface area contributed by atoms with Gasteiger partial charge in [0.2, 0.25) is 0 Å². The van der Waals surface area contributed by atoms with E-state index in [9.17, 15) is 4.57 Å². The summed E-state index contributed by atoms with van der Waals surface area (Å²) >= 11 is 0. The molecular weight excluding hydrogens is 201 g/mol. The van der Waals surface area contributed by atoms with Crippen molar-refractivity contribution in [1.82, 2.24) is 5.32 Å². The molecule has 0 fully saturated rings. The van der Waals surface area contributed by atoms with Gasteiger partial charge < -0.3 is 19.6 Å². The molecule has 0 aromatic carbocycles. The highest BCUT2D eigenvalue weighted by atomic mass is 31.2. The Hall–Kier alpha value is -0.0100. The van der Waals surface area contributed by atoms with Gasteiger partial charge in [0.1, 0.15) is 6.10 Å². The summed E-state index contributed by atoms with van der Waals surface area (Å²) in [7, 11) is -2.90. The van der Waals surface area contributed by atoms with E-state index in [1.165, 1.54) is 0 Å². The maximum Gasteiger partial charge on any atom is 0.470 e. The van der Waals surface area contributed by atoms with Gasteiger partial charge in [-0.1, -0.05) is 0 Å². The van der Waals surface area contributed by atoms with Crippen molar-refractivity contribution in [2.24, 2.45) is 0 Å². The summed E-state index contributed by atoms with van der Waals surface area (Å²) in [5.74, 6) is 0. The predicted octanol–water partition coefficient (Wildman–Crippen LogP) is -1.35. The van der Waals surface area contributed by atoms with Crippen LogP contribution in [0.3, 0.4) is 0 Å². The number of phosphoric acid groups is 1. The molecule has 0 spiro atoms. The lowest BCUT2D eigenvalue weighted by molar-refractivity contribution is 0.00138. The number of aliphatic hydroxyl groups is 1. The molecule has 0 radical (unpaired) electrons. The lowest BCUT2D eigenvalue weighted by Crippen LogP contribution is -2.25. The first-order chi connectivity index (χ1) is 5.99. The van der Waals surface area contributed by atoms with Gasteiger partial charge in [0.15, 0.2) is 0 Å². The van der Waals surface area contributed by atoms with Gasteiger partial charge >= 0.3 is 7.82 Å². The first-order valence-corrected chi connectivity index (χ1v) is 5.09. The molecular formula is C5H14NO6P. The average Bonchev–Trinajstić information content (AvgIpc) is 2.01. The highest BCUT2D eigenvalue weighted by Gasteiger charge is 2.21. The topological polar surface area (TPSA) is 108 Å². The van der Waals surface area contributed by atoms with Crippen LogP contribution in [0.15, 0.2) is 0 Å². The van der Waals surface area contributed by atoms with Crippen LogP contribution < -0.4 is 5.32 Å². The van der Waals surface area contributed by atoms with E-state index < -0.39 is 20.5 Å². The molecule has 0 rings (SSSR count). The van der Waals surface area contributed by atoms with Crippen LogP contribution in [0.1, 0.15) is 0 Å². The fourth-order valence-electron chi connectivity index (χ4n) is 0.603. The van der Waals surface area contributed by atoms with E-state index in [-0.39, 0.29) is 13.3 Å². The van der Waals surface area contributed by atoms with Crippen molar-refractivity contribution in [2.45, 2.75) is 6.10 Å². The maximum absolute atomic E-state index is 10.3. The highest BCUT2D eigenvalue weighted by Crippen LogP contribution is 2.37. The van der Waals surface area contributed by atoms with Crippen LogP contribution in [0.4, 0.5) is 0 Å². The number of ether oxygens (including phenoxy) is 1. The summed E-state index contributed by atoms with van der Waals surface area (Å²) in [5, 5.41) is 11.3. The highest BCUT2D eigenvalue weighted by molar-refractivity contribution is 7.46. The Morgan fingerprint density at radius 2 is 2.15 bits per heavy atom. The Bertz CT molecular complexity index is 170. The monoisotopic (exact) mass is 215 g/mol. The fraction of sp³-hybridized carbons (Fsp3) is 1.00. The number of nitrogens with one attached hydrogen (secondary N) is 1. The van der Waals surface area contributed by atoms with Crippen molar-refractivity contribution in [3.63, 3.8) is 0 Å². The summed E-state index contributed by atoms with van der Waals surface area (Å²) in [6, 6.07) is 0. The molecule has 80 valence electrons. The third kappa shape index (κ3) is 8.32. The lowest BCUT2D eigenvalue weighted by atomic mass is 10.4. The fourth-order valence-corrected chi connectivity index (χ4v) is 1.12. The van der Waals surface area contributed by atoms with E-state index in [0.29, 0.717) is 0 Å². The molecule has 0 aliphatic carbocycles. The number of hydrogen-bond acceptors (Lipinski definition) is 5. The van der Waals surface area contributed by atoms with E-state index in [2.05, 4.69) is 9.84 Å². The minimum absolute atomic E-state index is 0.0809. The quantitative estimate of drug-likeness (QED) is 0.236. The first-order valence-electron chi connectivity index (χ1n) is 3.56. The zero-order chi connectivity index (χ0) is 10.3. The van der Waals surface area contributed by atoms with E-state index in [1.807, 2.05) is 0 Å². The van der Waals surface area contributed by atoms with Gasteiger partial charge in [-0.3, -0.25) is 9.84 Å². The second kappa shape index (κ2) is 6.44. The Kier molecular flexibility index (Phi) is 6.44. The van der Waals surface area contributed by atoms with E-state index in [0.717, 1.165) is 0 Å². The largest absolute Gasteiger partial charge is 0.470 e. The molecule has 4 N–H and O–H groups in total. The van der Waals surface area contributed by atoms with Gasteiger partial charge in [-0.25, -0.2) is 4.57 Å². The SMILES string of the molecule is CNCOCC(CO)OP(=O)(O)O. The van der Waals surface area contributed by atoms with E-state index >= 15 is 0 Å². The summed E-state index contributed by atoms with van der Waals surface area (Å²) in [6.07, 6.45) is -1.01. The van der Waals surface area contributed by atoms with Crippen LogP contribution >= 0.6 is 7.82 Å². The third-order valence-electron chi connectivity index (χ3n) is 1.04. The predicted molar refractivity (Wildman–Crippen MR) is 43.9 cm³/mol. The Labute approximate surface area is 75.9 Å². The zero-order valence-electron chi connectivity index (χ0n) is 7.21. The molecule has 0 bridgehead atoms. The van der Waals surface area contributed by atoms with Crippen molar-refractivity contribution in [1.29, 1.82) is 0 Å². The van der Waals surface area contributed by atoms with E-state index in [4.69, 9.17) is 19.6 Å². The molecule has 7 nitrogen and oxygen atoms in total. The molecule has 0 aliphatic heterocycles. The van der Waals surface area contributed by atoms with Crippen molar-refractivity contribution in [3.8, 4) is 0 Å². The smallest absolute Gasteiger partial charge is 0.394 e. The van der Waals surface area contributed by atoms with Gasteiger partial charge in [-0.15, -0.1) is 0 Å². The van der Waals surface area contributed by atoms with Crippen LogP contribution in [0.2, 0.25) is 0 Å². The standard InChI is InChI=1S/C5H14NO6P/c1-6-4-11-3-5(2-7)12-13(8,9)10/h5-7H,2-4H2,1H3,(H2,8,9,10). The number of phosphoric ester groups is 1. The molecule has 8 heteroatoms. The third-order valence-corrected chi connectivity index (χ3v) is 1.61. The Morgan fingerprint density at radius 3 is 2.54 bits per heavy atom. The lowest BCUT2D eigenvalue weighted by Gasteiger charge is -2.15. The van der Waals surface area contributed by atoms with Crippen molar-refractivity contribution in [3.05, 3.63) is 0 Å². The summed E-state index contributed by atoms with van der Waals surface area (Å²) in [4.78, 5) is 16.8. The molecule has 0 saturated heterocycles. The molecule has 0 aliphatic rings. The number of hydrogen-bond donors (Lipinski definition) is 4. The molecule has 1 atom stereocenters. The molecule has 0 aromatic rings. The summed E-state index contributed by atoms with van der Waals surface area (Å²) in [6.45, 7) is -0.363. The normalized spacial score (nSPS) is 14.5. The molecule has 1 unspecified atom stereocenters. The minimum Gasteiger partial charge on any atom is -0.394 e. The Balaban J connectivity index is 3.70. The summed E-state index contributed by atoms with van der Waals surface area (Å²) in [5.41, 5.74) is 0. The molecule has 0 aromatic heterocycles. The van der Waals surface area contributed by atoms with Gasteiger partial charge in [0.25, 0.3) is 0 Å². The molecule has 0 saturated carbocycles. The van der Waals surface area contributed by atoms with Crippen LogP contribution in [-0.4, -0.2) is 48.0 Å². The molecule has 0 amide bonds. The van der Waals surface area contributed by atoms with Crippen molar-refractivity contribution >= 4 is 7.82 Å². The second-order valence-electron chi connectivity index (χ2n) is 2.27. The summed E-state index contributed by atoms with van der Waals surface area (Å²) < 4.78 is 19.4. The molecule has 0 heterocycles. The zero-order valence-corrected chi connectivity index (χ0v) is 8.11. The first kappa shape index (κ1) is 13.0. The van der Waals surface area contributed by atoms with Crippen molar-refractivity contribution < 1.29 is 28.7 Å². The van der Waals surface area contributed by atoms with Gasteiger partial charge in [0, 0.05) is 0 Å². The molecule has 13 heavy (non-hydrogen) atoms. The van der Waals surface area contributed by atoms with Crippen molar-refractivity contribution in [2.75, 3.05) is 27.0 Å². The van der Waals surface area contributed by atoms with Gasteiger partial charge in [0.05, 0.1) is 19.9 Å². The van der Waals surface area contributed by atoms with Gasteiger partial charge in [-0.05, 0) is 7.05 Å². The van der Waals surface area contributed by atoms with Gasteiger partial charge in [-0.2, -0.15) is 0 Å². The minimum atomic E-state index is -4.55. The van der Waals surface area contributed by atoms with Crippen LogP contribution in [0.25, 0.3) is 0 Å².